The van der Waals surface area contributed by atoms with Crippen molar-refractivity contribution in [2.45, 2.75) is 19.1 Å². The van der Waals surface area contributed by atoms with E-state index in [1.807, 2.05) is 6.92 Å². The highest BCUT2D eigenvalue weighted by Gasteiger charge is 2.30. The number of amides is 1. The molecule has 110 valence electrons. The Hall–Kier alpha value is -1.63. The zero-order valence-corrected chi connectivity index (χ0v) is 11.5. The normalized spacial score (nSPS) is 22.8. The van der Waals surface area contributed by atoms with E-state index in [2.05, 4.69) is 5.32 Å². The van der Waals surface area contributed by atoms with E-state index in [-0.39, 0.29) is 12.5 Å². The van der Waals surface area contributed by atoms with Gasteiger partial charge in [0.15, 0.2) is 0 Å². The molecule has 1 saturated heterocycles. The predicted molar refractivity (Wildman–Crippen MR) is 74.7 cm³/mol. The lowest BCUT2D eigenvalue weighted by Crippen LogP contribution is -2.32. The van der Waals surface area contributed by atoms with Crippen LogP contribution in [0.1, 0.15) is 6.92 Å². The van der Waals surface area contributed by atoms with Crippen molar-refractivity contribution in [3.63, 3.8) is 0 Å². The number of β-amino-alcohol motifs (C(OH)–C–C–N with tert-alkyl or cyclic N) is 2. The van der Waals surface area contributed by atoms with E-state index in [0.29, 0.717) is 25.4 Å². The van der Waals surface area contributed by atoms with E-state index in [1.54, 1.807) is 29.2 Å². The third kappa shape index (κ3) is 3.93. The molecule has 1 amide bonds. The summed E-state index contributed by atoms with van der Waals surface area (Å²) < 4.78 is 5.32. The summed E-state index contributed by atoms with van der Waals surface area (Å²) in [6.45, 7) is 3.30. The van der Waals surface area contributed by atoms with Gasteiger partial charge in [-0.2, -0.15) is 0 Å². The molecule has 1 aromatic carbocycles. The van der Waals surface area contributed by atoms with Crippen LogP contribution in [0, 0.1) is 0 Å². The lowest BCUT2D eigenvalue weighted by molar-refractivity contribution is -0.117. The largest absolute Gasteiger partial charge is 0.494 e. The van der Waals surface area contributed by atoms with Gasteiger partial charge in [-0.05, 0) is 31.2 Å². The van der Waals surface area contributed by atoms with E-state index in [4.69, 9.17) is 4.74 Å². The van der Waals surface area contributed by atoms with Crippen molar-refractivity contribution in [3.05, 3.63) is 24.3 Å². The van der Waals surface area contributed by atoms with Gasteiger partial charge < -0.3 is 20.3 Å². The number of benzene rings is 1. The van der Waals surface area contributed by atoms with Gasteiger partial charge in [-0.3, -0.25) is 9.69 Å². The monoisotopic (exact) mass is 280 g/mol. The van der Waals surface area contributed by atoms with Gasteiger partial charge >= 0.3 is 0 Å². The maximum Gasteiger partial charge on any atom is 0.238 e. The molecule has 1 aliphatic heterocycles. The first kappa shape index (κ1) is 14.8. The summed E-state index contributed by atoms with van der Waals surface area (Å²) in [7, 11) is 0. The number of aliphatic hydroxyl groups is 2. The van der Waals surface area contributed by atoms with Crippen LogP contribution in [0.5, 0.6) is 5.75 Å². The van der Waals surface area contributed by atoms with Crippen LogP contribution in [0.4, 0.5) is 5.69 Å². The quantitative estimate of drug-likeness (QED) is 0.710. The van der Waals surface area contributed by atoms with Gasteiger partial charge in [-0.15, -0.1) is 0 Å². The molecule has 0 aromatic heterocycles. The van der Waals surface area contributed by atoms with Crippen LogP contribution in [0.2, 0.25) is 0 Å². The number of hydrogen-bond donors (Lipinski definition) is 3. The second-order valence-corrected chi connectivity index (χ2v) is 4.83. The van der Waals surface area contributed by atoms with Crippen LogP contribution in [-0.4, -0.2) is 59.5 Å². The molecule has 0 radical (unpaired) electrons. The summed E-state index contributed by atoms with van der Waals surface area (Å²) in [4.78, 5) is 13.6. The van der Waals surface area contributed by atoms with E-state index in [1.165, 1.54) is 0 Å². The summed E-state index contributed by atoms with van der Waals surface area (Å²) in [6.07, 6.45) is -1.54. The van der Waals surface area contributed by atoms with E-state index >= 15 is 0 Å². The number of anilines is 1. The minimum atomic E-state index is -0.770. The van der Waals surface area contributed by atoms with Gasteiger partial charge in [-0.1, -0.05) is 0 Å². The summed E-state index contributed by atoms with van der Waals surface area (Å²) in [6, 6.07) is 7.14. The van der Waals surface area contributed by atoms with E-state index in [0.717, 1.165) is 5.75 Å². The van der Waals surface area contributed by atoms with Crippen LogP contribution in [-0.2, 0) is 4.79 Å². The van der Waals surface area contributed by atoms with Crippen molar-refractivity contribution >= 4 is 11.6 Å². The first-order chi connectivity index (χ1) is 9.58. The fraction of sp³-hybridized carbons (Fsp3) is 0.500. The molecule has 2 atom stereocenters. The number of rotatable bonds is 5. The molecule has 6 nitrogen and oxygen atoms in total. The van der Waals surface area contributed by atoms with E-state index < -0.39 is 12.2 Å². The number of aliphatic hydroxyl groups excluding tert-OH is 2. The molecule has 2 rings (SSSR count). The maximum absolute atomic E-state index is 11.8. The molecule has 0 bridgehead atoms. The molecule has 1 aromatic rings. The summed E-state index contributed by atoms with van der Waals surface area (Å²) in [5, 5.41) is 21.6. The van der Waals surface area contributed by atoms with Crippen molar-refractivity contribution in [2.75, 3.05) is 31.6 Å². The lowest BCUT2D eigenvalue weighted by atomic mass is 10.3. The number of hydrogen-bond acceptors (Lipinski definition) is 5. The maximum atomic E-state index is 11.8. The molecule has 1 fully saturated rings. The van der Waals surface area contributed by atoms with Crippen molar-refractivity contribution in [1.82, 2.24) is 4.90 Å². The molecule has 3 N–H and O–H groups in total. The average molecular weight is 280 g/mol. The smallest absolute Gasteiger partial charge is 0.238 e. The van der Waals surface area contributed by atoms with Crippen molar-refractivity contribution in [1.29, 1.82) is 0 Å². The van der Waals surface area contributed by atoms with Gasteiger partial charge in [0.05, 0.1) is 25.4 Å². The molecular formula is C14H20N2O4. The van der Waals surface area contributed by atoms with Gasteiger partial charge in [0, 0.05) is 18.8 Å². The number of carbonyl (C=O) groups is 1. The number of ether oxygens (including phenoxy) is 1. The number of nitrogens with one attached hydrogen (secondary N) is 1. The van der Waals surface area contributed by atoms with Crippen molar-refractivity contribution in [3.8, 4) is 5.75 Å². The second-order valence-electron chi connectivity index (χ2n) is 4.83. The molecule has 0 spiro atoms. The highest BCUT2D eigenvalue weighted by molar-refractivity contribution is 5.92. The molecule has 0 unspecified atom stereocenters. The predicted octanol–water partition coefficient (Wildman–Crippen LogP) is 0.0612. The topological polar surface area (TPSA) is 82.0 Å². The average Bonchev–Trinajstić information content (AvgIpc) is 2.71. The van der Waals surface area contributed by atoms with Gasteiger partial charge in [-0.25, -0.2) is 0 Å². The minimum Gasteiger partial charge on any atom is -0.494 e. The fourth-order valence-electron chi connectivity index (χ4n) is 2.18. The molecule has 1 heterocycles. The fourth-order valence-corrected chi connectivity index (χ4v) is 2.18. The molecule has 1 aliphatic rings. The molecule has 20 heavy (non-hydrogen) atoms. The Morgan fingerprint density at radius 3 is 2.45 bits per heavy atom. The van der Waals surface area contributed by atoms with Crippen molar-refractivity contribution < 1.29 is 19.7 Å². The highest BCUT2D eigenvalue weighted by Crippen LogP contribution is 2.16. The summed E-state index contributed by atoms with van der Waals surface area (Å²) >= 11 is 0. The first-order valence-electron chi connectivity index (χ1n) is 6.69. The Kier molecular flexibility index (Phi) is 4.94. The van der Waals surface area contributed by atoms with Gasteiger partial charge in [0.2, 0.25) is 5.91 Å². The lowest BCUT2D eigenvalue weighted by Gasteiger charge is -2.14. The Labute approximate surface area is 118 Å². The molecule has 6 heteroatoms. The zero-order chi connectivity index (χ0) is 14.5. The third-order valence-electron chi connectivity index (χ3n) is 3.15. The summed E-state index contributed by atoms with van der Waals surface area (Å²) in [5.74, 6) is 0.590. The molecule has 0 aliphatic carbocycles. The highest BCUT2D eigenvalue weighted by atomic mass is 16.5. The zero-order valence-electron chi connectivity index (χ0n) is 11.5. The number of nitrogens with zero attached hydrogens (tertiary/aromatic N) is 1. The van der Waals surface area contributed by atoms with Gasteiger partial charge in [0.1, 0.15) is 5.75 Å². The van der Waals surface area contributed by atoms with Crippen LogP contribution >= 0.6 is 0 Å². The Bertz CT molecular complexity index is 439. The van der Waals surface area contributed by atoms with Crippen molar-refractivity contribution in [2.24, 2.45) is 0 Å². The van der Waals surface area contributed by atoms with Crippen LogP contribution in [0.15, 0.2) is 24.3 Å². The third-order valence-corrected chi connectivity index (χ3v) is 3.15. The second kappa shape index (κ2) is 6.69. The SMILES string of the molecule is CCOc1ccc(NC(=O)CN2C[C@@H](O)[C@@H](O)C2)cc1. The Morgan fingerprint density at radius 2 is 1.90 bits per heavy atom. The van der Waals surface area contributed by atoms with Crippen LogP contribution in [0.3, 0.4) is 0 Å². The number of likely N-dealkylation sites (tertiary alicyclic amines) is 1. The van der Waals surface area contributed by atoms with Crippen LogP contribution in [0.25, 0.3) is 0 Å². The molecular weight excluding hydrogens is 260 g/mol. The van der Waals surface area contributed by atoms with Crippen LogP contribution < -0.4 is 10.1 Å². The summed E-state index contributed by atoms with van der Waals surface area (Å²) in [5.41, 5.74) is 0.693. The number of carbonyl (C=O) groups excluding carboxylic acids is 1. The molecule has 0 saturated carbocycles. The minimum absolute atomic E-state index is 0.154. The standard InChI is InChI=1S/C14H20N2O4/c1-2-20-11-5-3-10(4-6-11)15-14(19)9-16-7-12(17)13(18)8-16/h3-6,12-13,17-18H,2,7-9H2,1H3,(H,15,19)/t12-,13+. The Balaban J connectivity index is 1.82. The first-order valence-corrected chi connectivity index (χ1v) is 6.69. The van der Waals surface area contributed by atoms with Gasteiger partial charge in [0.25, 0.3) is 0 Å². The Morgan fingerprint density at radius 1 is 1.30 bits per heavy atom. The van der Waals surface area contributed by atoms with E-state index in [9.17, 15) is 15.0 Å².